The van der Waals surface area contributed by atoms with E-state index < -0.39 is 0 Å². The first kappa shape index (κ1) is 14.3. The zero-order valence-electron chi connectivity index (χ0n) is 10.8. The number of aromatic nitrogens is 2. The quantitative estimate of drug-likeness (QED) is 0.682. The van der Waals surface area contributed by atoms with E-state index in [2.05, 4.69) is 21.6 Å². The van der Waals surface area contributed by atoms with Crippen LogP contribution >= 0.6 is 23.1 Å². The van der Waals surface area contributed by atoms with Gasteiger partial charge in [-0.2, -0.15) is 5.26 Å². The van der Waals surface area contributed by atoms with Crippen molar-refractivity contribution in [1.82, 2.24) is 10.2 Å². The lowest BCUT2D eigenvalue weighted by Crippen LogP contribution is -2.18. The highest BCUT2D eigenvalue weighted by molar-refractivity contribution is 8.01. The molecule has 102 valence electrons. The zero-order chi connectivity index (χ0) is 13.7. The Morgan fingerprint density at radius 2 is 2.21 bits per heavy atom. The van der Waals surface area contributed by atoms with E-state index in [4.69, 9.17) is 0 Å². The summed E-state index contributed by atoms with van der Waals surface area (Å²) in [4.78, 5) is 10.9. The van der Waals surface area contributed by atoms with Crippen molar-refractivity contribution >= 4 is 34.1 Å². The Hall–Kier alpha value is -1.13. The lowest BCUT2D eigenvalue weighted by Gasteiger charge is -2.24. The fourth-order valence-electron chi connectivity index (χ4n) is 2.23. The second-order valence-electron chi connectivity index (χ2n) is 4.62. The average Bonchev–Trinajstić information content (AvgIpc) is 2.83. The number of nitrogens with one attached hydrogen (secondary N) is 1. The van der Waals surface area contributed by atoms with Crippen LogP contribution in [0.25, 0.3) is 0 Å². The molecule has 1 aromatic rings. The van der Waals surface area contributed by atoms with Crippen molar-refractivity contribution in [2.75, 3.05) is 5.32 Å². The number of hydrogen-bond donors (Lipinski definition) is 1. The molecular formula is C12H16N4OS2. The van der Waals surface area contributed by atoms with E-state index in [1.54, 1.807) is 0 Å². The number of carbonyl (C=O) groups is 1. The van der Waals surface area contributed by atoms with Gasteiger partial charge in [0.1, 0.15) is 5.25 Å². The Labute approximate surface area is 120 Å². The maximum atomic E-state index is 10.9. The standard InChI is InChI=1S/C12H16N4OS2/c1-8(17)14-11-15-16-12(19-11)18-10(7-13)9-5-3-2-4-6-9/h9-10H,2-6H2,1H3,(H,14,15,17). The van der Waals surface area contributed by atoms with Gasteiger partial charge < -0.3 is 5.32 Å². The molecule has 1 aromatic heterocycles. The third-order valence-electron chi connectivity index (χ3n) is 3.12. The highest BCUT2D eigenvalue weighted by Crippen LogP contribution is 2.37. The summed E-state index contributed by atoms with van der Waals surface area (Å²) in [6.45, 7) is 1.44. The maximum absolute atomic E-state index is 10.9. The van der Waals surface area contributed by atoms with Crippen LogP contribution in [0.2, 0.25) is 0 Å². The van der Waals surface area contributed by atoms with Gasteiger partial charge in [0.2, 0.25) is 11.0 Å². The molecule has 1 saturated carbocycles. The number of nitrogens with zero attached hydrogens (tertiary/aromatic N) is 3. The minimum Gasteiger partial charge on any atom is -0.301 e. The van der Waals surface area contributed by atoms with Crippen molar-refractivity contribution in [3.63, 3.8) is 0 Å². The second-order valence-corrected chi connectivity index (χ2v) is 6.99. The van der Waals surface area contributed by atoms with Crippen LogP contribution < -0.4 is 5.32 Å². The van der Waals surface area contributed by atoms with E-state index in [-0.39, 0.29) is 11.2 Å². The molecule has 1 fully saturated rings. The van der Waals surface area contributed by atoms with Crippen LogP contribution in [0.5, 0.6) is 0 Å². The predicted molar refractivity (Wildman–Crippen MR) is 76.0 cm³/mol. The van der Waals surface area contributed by atoms with Gasteiger partial charge in [-0.05, 0) is 18.8 Å². The molecule has 0 spiro atoms. The normalized spacial score (nSPS) is 17.7. The van der Waals surface area contributed by atoms with E-state index >= 15 is 0 Å². The molecule has 1 aliphatic carbocycles. The van der Waals surface area contributed by atoms with Crippen molar-refractivity contribution in [2.45, 2.75) is 48.6 Å². The summed E-state index contributed by atoms with van der Waals surface area (Å²) in [5, 5.41) is 20.3. The van der Waals surface area contributed by atoms with Crippen LogP contribution in [0.4, 0.5) is 5.13 Å². The first-order valence-corrected chi connectivity index (χ1v) is 8.06. The van der Waals surface area contributed by atoms with E-state index in [9.17, 15) is 10.1 Å². The lowest BCUT2D eigenvalue weighted by molar-refractivity contribution is -0.114. The van der Waals surface area contributed by atoms with Crippen LogP contribution in [0, 0.1) is 17.2 Å². The molecule has 0 saturated heterocycles. The summed E-state index contributed by atoms with van der Waals surface area (Å²) in [5.41, 5.74) is 0. The molecule has 0 radical (unpaired) electrons. The number of amides is 1. The molecule has 7 heteroatoms. The molecule has 19 heavy (non-hydrogen) atoms. The van der Waals surface area contributed by atoms with E-state index in [1.165, 1.54) is 49.3 Å². The number of nitriles is 1. The highest BCUT2D eigenvalue weighted by Gasteiger charge is 2.25. The summed E-state index contributed by atoms with van der Waals surface area (Å²) in [6, 6.07) is 2.38. The molecule has 1 amide bonds. The van der Waals surface area contributed by atoms with Crippen molar-refractivity contribution in [2.24, 2.45) is 5.92 Å². The van der Waals surface area contributed by atoms with E-state index in [0.717, 1.165) is 17.2 Å². The van der Waals surface area contributed by atoms with Crippen LogP contribution in [0.1, 0.15) is 39.0 Å². The van der Waals surface area contributed by atoms with E-state index in [1.807, 2.05) is 0 Å². The average molecular weight is 296 g/mol. The third kappa shape index (κ3) is 4.18. The van der Waals surface area contributed by atoms with Gasteiger partial charge >= 0.3 is 0 Å². The SMILES string of the molecule is CC(=O)Nc1nnc(SC(C#N)C2CCCCC2)s1. The fraction of sp³-hybridized carbons (Fsp3) is 0.667. The van der Waals surface area contributed by atoms with Gasteiger partial charge in [0.05, 0.1) is 6.07 Å². The van der Waals surface area contributed by atoms with Crippen LogP contribution in [0.15, 0.2) is 4.34 Å². The molecule has 1 N–H and O–H groups in total. The Kier molecular flexibility index (Phi) is 5.16. The second kappa shape index (κ2) is 6.87. The monoisotopic (exact) mass is 296 g/mol. The van der Waals surface area contributed by atoms with E-state index in [0.29, 0.717) is 11.0 Å². The van der Waals surface area contributed by atoms with Crippen molar-refractivity contribution in [1.29, 1.82) is 5.26 Å². The van der Waals surface area contributed by atoms with Crippen LogP contribution in [0.3, 0.4) is 0 Å². The number of anilines is 1. The van der Waals surface area contributed by atoms with Crippen LogP contribution in [-0.2, 0) is 4.79 Å². The van der Waals surface area contributed by atoms with Gasteiger partial charge in [0.25, 0.3) is 0 Å². The summed E-state index contributed by atoms with van der Waals surface area (Å²) in [7, 11) is 0. The first-order chi connectivity index (χ1) is 9.19. The number of carbonyl (C=O) groups excluding carboxylic acids is 1. The Morgan fingerprint density at radius 3 is 2.84 bits per heavy atom. The first-order valence-electron chi connectivity index (χ1n) is 6.36. The molecule has 2 rings (SSSR count). The molecule has 0 aromatic carbocycles. The number of thioether (sulfide) groups is 1. The molecule has 0 bridgehead atoms. The number of rotatable bonds is 4. The van der Waals surface area contributed by atoms with Gasteiger partial charge in [0, 0.05) is 6.92 Å². The summed E-state index contributed by atoms with van der Waals surface area (Å²) >= 11 is 2.80. The molecular weight excluding hydrogens is 280 g/mol. The van der Waals surface area contributed by atoms with Crippen molar-refractivity contribution in [3.05, 3.63) is 0 Å². The molecule has 1 unspecified atom stereocenters. The fourth-order valence-corrected chi connectivity index (χ4v) is 4.32. The summed E-state index contributed by atoms with van der Waals surface area (Å²) in [5.74, 6) is 0.300. The van der Waals surface area contributed by atoms with Gasteiger partial charge in [0.15, 0.2) is 4.34 Å². The maximum Gasteiger partial charge on any atom is 0.223 e. The molecule has 0 aliphatic heterocycles. The Balaban J connectivity index is 1.96. The summed E-state index contributed by atoms with van der Waals surface area (Å²) in [6.07, 6.45) is 5.98. The van der Waals surface area contributed by atoms with Crippen molar-refractivity contribution in [3.8, 4) is 6.07 Å². The van der Waals surface area contributed by atoms with Gasteiger partial charge in [-0.15, -0.1) is 10.2 Å². The van der Waals surface area contributed by atoms with Crippen molar-refractivity contribution < 1.29 is 4.79 Å². The highest BCUT2D eigenvalue weighted by atomic mass is 32.2. The van der Waals surface area contributed by atoms with Gasteiger partial charge in [-0.25, -0.2) is 0 Å². The minimum atomic E-state index is -0.156. The predicted octanol–water partition coefficient (Wildman–Crippen LogP) is 3.06. The topological polar surface area (TPSA) is 78.7 Å². The largest absolute Gasteiger partial charge is 0.301 e. The molecule has 1 aliphatic rings. The lowest BCUT2D eigenvalue weighted by atomic mass is 9.87. The van der Waals surface area contributed by atoms with Gasteiger partial charge in [-0.1, -0.05) is 42.4 Å². The Bertz CT molecular complexity index is 476. The zero-order valence-corrected chi connectivity index (χ0v) is 12.4. The Morgan fingerprint density at radius 1 is 1.47 bits per heavy atom. The van der Waals surface area contributed by atoms with Gasteiger partial charge in [-0.3, -0.25) is 4.79 Å². The van der Waals surface area contributed by atoms with Crippen LogP contribution in [-0.4, -0.2) is 21.4 Å². The molecule has 1 heterocycles. The smallest absolute Gasteiger partial charge is 0.223 e. The number of hydrogen-bond acceptors (Lipinski definition) is 6. The third-order valence-corrected chi connectivity index (χ3v) is 5.32. The molecule has 1 atom stereocenters. The summed E-state index contributed by atoms with van der Waals surface area (Å²) < 4.78 is 0.751. The minimum absolute atomic E-state index is 0.0570. The molecule has 5 nitrogen and oxygen atoms in total.